The van der Waals surface area contributed by atoms with Gasteiger partial charge in [0.2, 0.25) is 5.60 Å². The fourth-order valence-corrected chi connectivity index (χ4v) is 7.22. The van der Waals surface area contributed by atoms with Crippen molar-refractivity contribution in [3.8, 4) is 0 Å². The molecule has 0 unspecified atom stereocenters. The number of hydrogen-bond acceptors (Lipinski definition) is 10. The lowest BCUT2D eigenvalue weighted by atomic mass is 9.49. The fourth-order valence-electron chi connectivity index (χ4n) is 7.22. The maximum atomic E-state index is 12.8. The molecule has 1 heterocycles. The zero-order valence-corrected chi connectivity index (χ0v) is 18.4. The molecule has 3 fully saturated rings. The lowest BCUT2D eigenvalue weighted by Crippen LogP contribution is -2.72. The van der Waals surface area contributed by atoms with E-state index >= 15 is 0 Å². The van der Waals surface area contributed by atoms with Gasteiger partial charge in [0, 0.05) is 0 Å². The molecule has 0 bridgehead atoms. The Morgan fingerprint density at radius 2 is 1.48 bits per heavy atom. The summed E-state index contributed by atoms with van der Waals surface area (Å²) in [6, 6.07) is 0. The summed E-state index contributed by atoms with van der Waals surface area (Å²) in [6.45, 7) is 5.49. The molecule has 1 aliphatic heterocycles. The molecule has 1 spiro atoms. The highest BCUT2D eigenvalue weighted by Crippen LogP contribution is 2.79. The van der Waals surface area contributed by atoms with Gasteiger partial charge in [-0.2, -0.15) is 0 Å². The molecule has 13 nitrogen and oxygen atoms in total. The Hall–Kier alpha value is -1.87. The molecule has 0 radical (unpaired) electrons. The van der Waals surface area contributed by atoms with E-state index in [0.29, 0.717) is 0 Å². The Morgan fingerprint density at radius 3 is 1.88 bits per heavy atom. The van der Waals surface area contributed by atoms with Gasteiger partial charge in [0.1, 0.15) is 11.7 Å². The zero-order chi connectivity index (χ0) is 25.7. The Balaban J connectivity index is 2.57. The van der Waals surface area contributed by atoms with E-state index in [2.05, 4.69) is 0 Å². The van der Waals surface area contributed by atoms with Crippen molar-refractivity contribution in [1.29, 1.82) is 0 Å². The van der Waals surface area contributed by atoms with Crippen molar-refractivity contribution in [3.63, 3.8) is 0 Å². The van der Waals surface area contributed by atoms with Crippen molar-refractivity contribution >= 4 is 17.9 Å². The third-order valence-corrected chi connectivity index (χ3v) is 8.40. The second kappa shape index (κ2) is 7.07. The van der Waals surface area contributed by atoms with E-state index in [0.717, 1.165) is 6.92 Å². The van der Waals surface area contributed by atoms with Gasteiger partial charge in [-0.3, -0.25) is 4.79 Å². The number of rotatable bonds is 5. The van der Waals surface area contributed by atoms with Crippen LogP contribution in [0.1, 0.15) is 34.1 Å². The Morgan fingerprint density at radius 1 is 0.970 bits per heavy atom. The van der Waals surface area contributed by atoms with E-state index in [1.54, 1.807) is 20.8 Å². The first kappa shape index (κ1) is 25.7. The van der Waals surface area contributed by atoms with Crippen LogP contribution >= 0.6 is 0 Å². The van der Waals surface area contributed by atoms with Gasteiger partial charge < -0.3 is 50.7 Å². The van der Waals surface area contributed by atoms with Crippen LogP contribution < -0.4 is 0 Å². The van der Waals surface area contributed by atoms with E-state index < -0.39 is 94.3 Å². The van der Waals surface area contributed by atoms with E-state index in [9.17, 15) is 60.3 Å². The Labute approximate surface area is 187 Å². The number of carboxylic acids is 3. The average molecular weight is 478 g/mol. The molecule has 2 aliphatic carbocycles. The molecule has 1 saturated heterocycles. The van der Waals surface area contributed by atoms with Gasteiger partial charge in [-0.05, 0) is 24.7 Å². The summed E-state index contributed by atoms with van der Waals surface area (Å²) in [5, 5.41) is 96.6. The van der Waals surface area contributed by atoms with E-state index in [-0.39, 0.29) is 0 Å². The Kier molecular flexibility index (Phi) is 5.52. The first-order valence-electron chi connectivity index (χ1n) is 10.4. The molecule has 11 atom stereocenters. The third-order valence-electron chi connectivity index (χ3n) is 8.40. The standard InChI is InChI=1S/C20H30O13/c1-6(12(25)26)19(32)10(23)9(22)18-8(21)5-7(16(2,3)4)17(18,11(24)13(27)28)15(31)33-20(18,19)14(29)30/h6-11,15,21-24,31-32H,5H2,1-4H3,(H,25,26)(H,27,28)(H,29,30)/t6-,7+,8-,9-,10+,11+,15+,17+,18+,19-,20-/m1/s1. The lowest BCUT2D eigenvalue weighted by Gasteiger charge is -2.52. The molecule has 0 aromatic carbocycles. The zero-order valence-electron chi connectivity index (χ0n) is 18.4. The van der Waals surface area contributed by atoms with Crippen LogP contribution in [0.5, 0.6) is 0 Å². The number of aliphatic carboxylic acids is 3. The highest BCUT2D eigenvalue weighted by molar-refractivity contribution is 5.87. The van der Waals surface area contributed by atoms with Crippen LogP contribution in [0, 0.1) is 28.1 Å². The first-order chi connectivity index (χ1) is 14.9. The summed E-state index contributed by atoms with van der Waals surface area (Å²) in [7, 11) is 0. The monoisotopic (exact) mass is 478 g/mol. The molecule has 0 amide bonds. The van der Waals surface area contributed by atoms with Gasteiger partial charge in [-0.15, -0.1) is 0 Å². The first-order valence-corrected chi connectivity index (χ1v) is 10.4. The van der Waals surface area contributed by atoms with Crippen LogP contribution in [0.15, 0.2) is 0 Å². The topological polar surface area (TPSA) is 243 Å². The van der Waals surface area contributed by atoms with Crippen LogP contribution in [0.3, 0.4) is 0 Å². The normalized spacial score (nSPS) is 48.7. The van der Waals surface area contributed by atoms with Gasteiger partial charge in [0.05, 0.1) is 29.0 Å². The van der Waals surface area contributed by atoms with Crippen molar-refractivity contribution in [2.75, 3.05) is 0 Å². The lowest BCUT2D eigenvalue weighted by molar-refractivity contribution is -0.268. The summed E-state index contributed by atoms with van der Waals surface area (Å²) in [5.41, 5.74) is -13.5. The second-order valence-corrected chi connectivity index (χ2v) is 10.4. The number of aliphatic hydroxyl groups excluding tert-OH is 5. The molecule has 3 rings (SSSR count). The van der Waals surface area contributed by atoms with Gasteiger partial charge in [-0.1, -0.05) is 20.8 Å². The maximum Gasteiger partial charge on any atom is 0.340 e. The molecule has 188 valence electrons. The van der Waals surface area contributed by atoms with Crippen LogP contribution in [0.2, 0.25) is 0 Å². The van der Waals surface area contributed by atoms with Crippen LogP contribution in [-0.4, -0.2) is 106 Å². The minimum atomic E-state index is -3.42. The fraction of sp³-hybridized carbons (Fsp3) is 0.850. The van der Waals surface area contributed by atoms with Crippen molar-refractivity contribution < 1.29 is 65.1 Å². The van der Waals surface area contributed by atoms with Crippen LogP contribution in [0.25, 0.3) is 0 Å². The number of carboxylic acid groups (broad SMARTS) is 3. The number of ether oxygens (including phenoxy) is 1. The van der Waals surface area contributed by atoms with Crippen LogP contribution in [-0.2, 0) is 19.1 Å². The Bertz CT molecular complexity index is 884. The average Bonchev–Trinajstić information content (AvgIpc) is 3.17. The quantitative estimate of drug-likeness (QED) is 0.194. The predicted molar refractivity (Wildman–Crippen MR) is 103 cm³/mol. The smallest absolute Gasteiger partial charge is 0.340 e. The minimum Gasteiger partial charge on any atom is -0.481 e. The predicted octanol–water partition coefficient (Wildman–Crippen LogP) is -2.81. The summed E-state index contributed by atoms with van der Waals surface area (Å²) >= 11 is 0. The van der Waals surface area contributed by atoms with Crippen molar-refractivity contribution in [1.82, 2.24) is 0 Å². The molecule has 3 aliphatic rings. The minimum absolute atomic E-state index is 0.468. The summed E-state index contributed by atoms with van der Waals surface area (Å²) in [4.78, 5) is 36.7. The summed E-state index contributed by atoms with van der Waals surface area (Å²) < 4.78 is 5.33. The van der Waals surface area contributed by atoms with Gasteiger partial charge in [-0.25, -0.2) is 9.59 Å². The second-order valence-electron chi connectivity index (χ2n) is 10.4. The molecule has 0 aromatic heterocycles. The number of aliphatic hydroxyl groups is 6. The van der Waals surface area contributed by atoms with E-state index in [1.807, 2.05) is 0 Å². The van der Waals surface area contributed by atoms with Gasteiger partial charge in [0.15, 0.2) is 12.4 Å². The highest BCUT2D eigenvalue weighted by Gasteiger charge is 2.97. The van der Waals surface area contributed by atoms with E-state index in [1.165, 1.54) is 0 Å². The summed E-state index contributed by atoms with van der Waals surface area (Å²) in [6.07, 6.45) is -12.8. The third kappa shape index (κ3) is 2.38. The SMILES string of the molecule is C[C@H](C(=O)O)[C@@]1(O)[C@@H](O)[C@@H](O)[C@@]23[C@H](O)C[C@@H](C(C)(C)C)[C@]2([C@@H](O)C(=O)O)[C@@H](O)O[C@@]13C(=O)O. The maximum absolute atomic E-state index is 12.8. The molecular weight excluding hydrogens is 448 g/mol. The van der Waals surface area contributed by atoms with E-state index in [4.69, 9.17) is 4.74 Å². The van der Waals surface area contributed by atoms with Crippen molar-refractivity contribution in [3.05, 3.63) is 0 Å². The van der Waals surface area contributed by atoms with Gasteiger partial charge in [0.25, 0.3) is 0 Å². The molecule has 33 heavy (non-hydrogen) atoms. The molecule has 9 N–H and O–H groups in total. The van der Waals surface area contributed by atoms with Crippen molar-refractivity contribution in [2.24, 2.45) is 28.1 Å². The molecule has 13 heteroatoms. The molecule has 2 saturated carbocycles. The van der Waals surface area contributed by atoms with Gasteiger partial charge >= 0.3 is 17.9 Å². The largest absolute Gasteiger partial charge is 0.481 e. The highest BCUT2D eigenvalue weighted by atomic mass is 16.7. The molecule has 0 aromatic rings. The number of carbonyl (C=O) groups is 3. The molecular formula is C20H30O13. The summed E-state index contributed by atoms with van der Waals surface area (Å²) in [5.74, 6) is -9.32. The van der Waals surface area contributed by atoms with Crippen molar-refractivity contribution in [2.45, 2.75) is 76.0 Å². The van der Waals surface area contributed by atoms with Crippen LogP contribution in [0.4, 0.5) is 0 Å². The number of hydrogen-bond donors (Lipinski definition) is 9.